The Labute approximate surface area is 136 Å². The second kappa shape index (κ2) is 7.83. The van der Waals surface area contributed by atoms with Crippen LogP contribution in [0.4, 0.5) is 5.82 Å². The third kappa shape index (κ3) is 4.22. The highest BCUT2D eigenvalue weighted by atomic mass is 79.9. The number of imidazole rings is 1. The number of nitrogens with zero attached hydrogens (tertiary/aromatic N) is 2. The van der Waals surface area contributed by atoms with E-state index < -0.39 is 0 Å². The number of fused-ring (bicyclic) bond motifs is 1. The summed E-state index contributed by atoms with van der Waals surface area (Å²) in [6.07, 6.45) is 12.2. The van der Waals surface area contributed by atoms with Crippen molar-refractivity contribution in [3.63, 3.8) is 0 Å². The lowest BCUT2D eigenvalue weighted by Crippen LogP contribution is -1.97. The van der Waals surface area contributed by atoms with E-state index in [4.69, 9.17) is 5.73 Å². The van der Waals surface area contributed by atoms with E-state index in [1.807, 2.05) is 10.6 Å². The normalized spacial score (nSPS) is 11.4. The molecule has 2 aromatic rings. The molecule has 0 fully saturated rings. The second-order valence-corrected chi connectivity index (χ2v) is 6.70. The molecular formula is C17H26BrN3. The van der Waals surface area contributed by atoms with Crippen molar-refractivity contribution in [3.8, 4) is 0 Å². The van der Waals surface area contributed by atoms with Crippen LogP contribution in [-0.2, 0) is 6.42 Å². The maximum Gasteiger partial charge on any atom is 0.139 e. The van der Waals surface area contributed by atoms with E-state index in [2.05, 4.69) is 40.8 Å². The van der Waals surface area contributed by atoms with E-state index in [1.54, 1.807) is 0 Å². The highest BCUT2D eigenvalue weighted by Gasteiger charge is 2.10. The van der Waals surface area contributed by atoms with Gasteiger partial charge >= 0.3 is 0 Å². The maximum atomic E-state index is 6.22. The average molecular weight is 352 g/mol. The summed E-state index contributed by atoms with van der Waals surface area (Å²) >= 11 is 3.55. The SMILES string of the molecule is CCCCCCCCCc1nc2cc(C)c(Br)cn2c1N. The Kier molecular flexibility index (Phi) is 6.09. The number of pyridine rings is 1. The minimum Gasteiger partial charge on any atom is -0.383 e. The van der Waals surface area contributed by atoms with Gasteiger partial charge in [0.2, 0.25) is 0 Å². The number of hydrogen-bond donors (Lipinski definition) is 1. The fourth-order valence-electron chi connectivity index (χ4n) is 2.66. The Bertz CT molecular complexity index is 589. The minimum absolute atomic E-state index is 0.789. The topological polar surface area (TPSA) is 43.3 Å². The summed E-state index contributed by atoms with van der Waals surface area (Å²) in [6.45, 7) is 4.33. The highest BCUT2D eigenvalue weighted by molar-refractivity contribution is 9.10. The molecule has 2 N–H and O–H groups in total. The molecule has 2 heterocycles. The molecule has 21 heavy (non-hydrogen) atoms. The molecule has 0 aliphatic carbocycles. The molecule has 0 aliphatic rings. The Morgan fingerprint density at radius 3 is 2.52 bits per heavy atom. The largest absolute Gasteiger partial charge is 0.383 e. The van der Waals surface area contributed by atoms with Gasteiger partial charge in [-0.1, -0.05) is 45.4 Å². The molecule has 4 heteroatoms. The lowest BCUT2D eigenvalue weighted by atomic mass is 10.1. The van der Waals surface area contributed by atoms with E-state index >= 15 is 0 Å². The molecule has 2 aromatic heterocycles. The van der Waals surface area contributed by atoms with Crippen molar-refractivity contribution in [2.24, 2.45) is 0 Å². The van der Waals surface area contributed by atoms with E-state index in [0.717, 1.165) is 28.1 Å². The molecule has 0 saturated heterocycles. The predicted octanol–water partition coefficient (Wildman–Crippen LogP) is 5.28. The summed E-state index contributed by atoms with van der Waals surface area (Å²) < 4.78 is 3.05. The molecule has 0 radical (unpaired) electrons. The van der Waals surface area contributed by atoms with Crippen molar-refractivity contribution in [1.82, 2.24) is 9.38 Å². The maximum absolute atomic E-state index is 6.22. The highest BCUT2D eigenvalue weighted by Crippen LogP contribution is 2.23. The van der Waals surface area contributed by atoms with Gasteiger partial charge in [-0.2, -0.15) is 0 Å². The first kappa shape index (κ1) is 16.3. The quantitative estimate of drug-likeness (QED) is 0.657. The van der Waals surface area contributed by atoms with Gasteiger partial charge in [0.1, 0.15) is 11.5 Å². The van der Waals surface area contributed by atoms with Gasteiger partial charge in [0, 0.05) is 10.7 Å². The lowest BCUT2D eigenvalue weighted by molar-refractivity contribution is 0.588. The molecule has 0 saturated carbocycles. The Balaban J connectivity index is 1.89. The number of rotatable bonds is 8. The summed E-state index contributed by atoms with van der Waals surface area (Å²) in [5.74, 6) is 0.789. The van der Waals surface area contributed by atoms with Crippen LogP contribution in [0.3, 0.4) is 0 Å². The molecule has 0 unspecified atom stereocenters. The molecule has 116 valence electrons. The molecule has 0 spiro atoms. The van der Waals surface area contributed by atoms with Crippen LogP contribution in [0.15, 0.2) is 16.7 Å². The molecule has 0 aliphatic heterocycles. The standard InChI is InChI=1S/C17H26BrN3/c1-3-4-5-6-7-8-9-10-15-17(19)21-12-14(18)13(2)11-16(21)20-15/h11-12H,3-10,19H2,1-2H3. The smallest absolute Gasteiger partial charge is 0.139 e. The predicted molar refractivity (Wildman–Crippen MR) is 93.7 cm³/mol. The fraction of sp³-hybridized carbons (Fsp3) is 0.588. The van der Waals surface area contributed by atoms with Crippen LogP contribution in [-0.4, -0.2) is 9.38 Å². The summed E-state index contributed by atoms with van der Waals surface area (Å²) in [6, 6.07) is 2.08. The van der Waals surface area contributed by atoms with Gasteiger partial charge in [-0.05, 0) is 47.3 Å². The zero-order chi connectivity index (χ0) is 15.2. The Morgan fingerprint density at radius 1 is 1.14 bits per heavy atom. The van der Waals surface area contributed by atoms with Gasteiger partial charge in [0.15, 0.2) is 0 Å². The third-order valence-corrected chi connectivity index (χ3v) is 4.86. The molecular weight excluding hydrogens is 326 g/mol. The Morgan fingerprint density at radius 2 is 1.81 bits per heavy atom. The molecule has 0 amide bonds. The first-order chi connectivity index (χ1) is 10.1. The molecule has 2 rings (SSSR count). The zero-order valence-corrected chi connectivity index (χ0v) is 14.7. The monoisotopic (exact) mass is 351 g/mol. The van der Waals surface area contributed by atoms with Gasteiger partial charge in [-0.25, -0.2) is 4.98 Å². The fourth-order valence-corrected chi connectivity index (χ4v) is 2.98. The molecule has 0 bridgehead atoms. The van der Waals surface area contributed by atoms with Crippen LogP contribution >= 0.6 is 15.9 Å². The lowest BCUT2D eigenvalue weighted by Gasteiger charge is -2.02. The number of aromatic nitrogens is 2. The number of unbranched alkanes of at least 4 members (excludes halogenated alkanes) is 6. The first-order valence-electron chi connectivity index (χ1n) is 8.06. The minimum atomic E-state index is 0.789. The number of hydrogen-bond acceptors (Lipinski definition) is 2. The van der Waals surface area contributed by atoms with Crippen molar-refractivity contribution in [1.29, 1.82) is 0 Å². The van der Waals surface area contributed by atoms with Crippen molar-refractivity contribution >= 4 is 27.4 Å². The van der Waals surface area contributed by atoms with Crippen molar-refractivity contribution < 1.29 is 0 Å². The van der Waals surface area contributed by atoms with Gasteiger partial charge < -0.3 is 5.73 Å². The van der Waals surface area contributed by atoms with Crippen LogP contribution in [0.25, 0.3) is 5.65 Å². The molecule has 3 nitrogen and oxygen atoms in total. The number of anilines is 1. The van der Waals surface area contributed by atoms with Gasteiger partial charge in [-0.15, -0.1) is 0 Å². The molecule has 0 aromatic carbocycles. The van der Waals surface area contributed by atoms with Crippen molar-refractivity contribution in [2.75, 3.05) is 5.73 Å². The van der Waals surface area contributed by atoms with Gasteiger partial charge in [0.05, 0.1) is 5.69 Å². The third-order valence-electron chi connectivity index (χ3n) is 4.03. The van der Waals surface area contributed by atoms with E-state index in [-0.39, 0.29) is 0 Å². The van der Waals surface area contributed by atoms with E-state index in [1.165, 1.54) is 50.5 Å². The number of aryl methyl sites for hydroxylation is 2. The summed E-state index contributed by atoms with van der Waals surface area (Å²) in [5, 5.41) is 0. The first-order valence-corrected chi connectivity index (χ1v) is 8.85. The average Bonchev–Trinajstić information content (AvgIpc) is 2.75. The van der Waals surface area contributed by atoms with Crippen LogP contribution in [0.1, 0.15) is 63.1 Å². The second-order valence-electron chi connectivity index (χ2n) is 5.85. The number of nitrogen functional groups attached to an aromatic ring is 1. The molecule has 0 atom stereocenters. The van der Waals surface area contributed by atoms with Crippen LogP contribution < -0.4 is 5.73 Å². The van der Waals surface area contributed by atoms with Gasteiger partial charge in [0.25, 0.3) is 0 Å². The van der Waals surface area contributed by atoms with Gasteiger partial charge in [-0.3, -0.25) is 4.40 Å². The van der Waals surface area contributed by atoms with E-state index in [9.17, 15) is 0 Å². The number of nitrogens with two attached hydrogens (primary N) is 1. The zero-order valence-electron chi connectivity index (χ0n) is 13.2. The summed E-state index contributed by atoms with van der Waals surface area (Å²) in [4.78, 5) is 4.68. The van der Waals surface area contributed by atoms with Crippen molar-refractivity contribution in [3.05, 3.63) is 28.0 Å². The van der Waals surface area contributed by atoms with Crippen molar-refractivity contribution in [2.45, 2.75) is 65.2 Å². The van der Waals surface area contributed by atoms with Crippen LogP contribution in [0, 0.1) is 6.92 Å². The number of halogens is 1. The Hall–Kier alpha value is -1.03. The van der Waals surface area contributed by atoms with Crippen LogP contribution in [0.5, 0.6) is 0 Å². The van der Waals surface area contributed by atoms with E-state index in [0.29, 0.717) is 0 Å². The summed E-state index contributed by atoms with van der Waals surface area (Å²) in [5.41, 5.74) is 9.40. The summed E-state index contributed by atoms with van der Waals surface area (Å²) in [7, 11) is 0. The van der Waals surface area contributed by atoms with Crippen LogP contribution in [0.2, 0.25) is 0 Å².